The van der Waals surface area contributed by atoms with Crippen LogP contribution in [0.3, 0.4) is 0 Å². The standard InChI is InChI=1S/C19H25N3O3/c1-3-4-10-24-11-12-25-14-19(23)22-17-7-5-6-16(13-17)18-8-9-20-15(2)21-18/h5-9,13H,3-4,10-12,14H2,1-2H3,(H,22,23). The number of hydrogen-bond acceptors (Lipinski definition) is 5. The van der Waals surface area contributed by atoms with Gasteiger partial charge in [0.25, 0.3) is 0 Å². The second-order valence-electron chi connectivity index (χ2n) is 5.64. The Morgan fingerprint density at radius 3 is 2.80 bits per heavy atom. The Hall–Kier alpha value is -2.31. The van der Waals surface area contributed by atoms with Gasteiger partial charge < -0.3 is 14.8 Å². The lowest BCUT2D eigenvalue weighted by molar-refractivity contribution is -0.121. The molecule has 2 aromatic rings. The second-order valence-corrected chi connectivity index (χ2v) is 5.64. The van der Waals surface area contributed by atoms with Gasteiger partial charge in [0.15, 0.2) is 0 Å². The van der Waals surface area contributed by atoms with Gasteiger partial charge in [0.05, 0.1) is 18.9 Å². The van der Waals surface area contributed by atoms with E-state index < -0.39 is 0 Å². The molecule has 0 saturated carbocycles. The molecule has 0 saturated heterocycles. The number of aromatic nitrogens is 2. The van der Waals surface area contributed by atoms with E-state index in [-0.39, 0.29) is 12.5 Å². The summed E-state index contributed by atoms with van der Waals surface area (Å²) in [5.74, 6) is 0.520. The fourth-order valence-electron chi connectivity index (χ4n) is 2.20. The molecule has 1 amide bonds. The highest BCUT2D eigenvalue weighted by Crippen LogP contribution is 2.20. The molecule has 1 N–H and O–H groups in total. The quantitative estimate of drug-likeness (QED) is 0.671. The van der Waals surface area contributed by atoms with E-state index in [1.54, 1.807) is 6.20 Å². The van der Waals surface area contributed by atoms with Crippen molar-refractivity contribution in [3.8, 4) is 11.3 Å². The van der Waals surface area contributed by atoms with E-state index in [0.29, 0.717) is 24.7 Å². The van der Waals surface area contributed by atoms with Crippen LogP contribution in [0.5, 0.6) is 0 Å². The van der Waals surface area contributed by atoms with Gasteiger partial charge in [0.1, 0.15) is 12.4 Å². The van der Waals surface area contributed by atoms with Gasteiger partial charge >= 0.3 is 0 Å². The first kappa shape index (κ1) is 19.0. The Morgan fingerprint density at radius 1 is 1.16 bits per heavy atom. The van der Waals surface area contributed by atoms with Gasteiger partial charge in [-0.2, -0.15) is 0 Å². The normalized spacial score (nSPS) is 10.6. The predicted molar refractivity (Wildman–Crippen MR) is 97.4 cm³/mol. The first-order valence-corrected chi connectivity index (χ1v) is 8.54. The number of carbonyl (C=O) groups excluding carboxylic acids is 1. The number of anilines is 1. The maximum absolute atomic E-state index is 11.9. The van der Waals surface area contributed by atoms with Gasteiger partial charge in [-0.25, -0.2) is 9.97 Å². The van der Waals surface area contributed by atoms with Crippen molar-refractivity contribution in [2.24, 2.45) is 0 Å². The lowest BCUT2D eigenvalue weighted by Gasteiger charge is -2.08. The van der Waals surface area contributed by atoms with Gasteiger partial charge in [-0.1, -0.05) is 25.5 Å². The Morgan fingerprint density at radius 2 is 2.00 bits per heavy atom. The monoisotopic (exact) mass is 343 g/mol. The van der Waals surface area contributed by atoms with E-state index in [2.05, 4.69) is 22.2 Å². The molecule has 1 aromatic carbocycles. The van der Waals surface area contributed by atoms with E-state index in [9.17, 15) is 4.79 Å². The van der Waals surface area contributed by atoms with Crippen LogP contribution in [-0.2, 0) is 14.3 Å². The number of aryl methyl sites for hydroxylation is 1. The molecule has 0 aliphatic rings. The Balaban J connectivity index is 1.78. The predicted octanol–water partition coefficient (Wildman–Crippen LogP) is 3.22. The van der Waals surface area contributed by atoms with Crippen molar-refractivity contribution in [1.82, 2.24) is 9.97 Å². The number of amides is 1. The third kappa shape index (κ3) is 6.99. The van der Waals surface area contributed by atoms with Gasteiger partial charge in [0, 0.05) is 24.1 Å². The lowest BCUT2D eigenvalue weighted by Crippen LogP contribution is -2.19. The lowest BCUT2D eigenvalue weighted by atomic mass is 10.1. The maximum Gasteiger partial charge on any atom is 0.250 e. The molecule has 0 aliphatic carbocycles. The summed E-state index contributed by atoms with van der Waals surface area (Å²) in [6.07, 6.45) is 3.87. The Bertz CT molecular complexity index is 676. The smallest absolute Gasteiger partial charge is 0.250 e. The first-order valence-electron chi connectivity index (χ1n) is 8.54. The zero-order chi connectivity index (χ0) is 17.9. The third-order valence-electron chi connectivity index (χ3n) is 3.47. The summed E-state index contributed by atoms with van der Waals surface area (Å²) in [5, 5.41) is 2.83. The number of nitrogens with zero attached hydrogens (tertiary/aromatic N) is 2. The average Bonchev–Trinajstić information content (AvgIpc) is 2.61. The molecule has 6 heteroatoms. The fourth-order valence-corrected chi connectivity index (χ4v) is 2.20. The molecule has 1 aromatic heterocycles. The van der Waals surface area contributed by atoms with E-state index in [1.165, 1.54) is 0 Å². The molecule has 134 valence electrons. The molecular weight excluding hydrogens is 318 g/mol. The van der Waals surface area contributed by atoms with Gasteiger partial charge in [-0.3, -0.25) is 4.79 Å². The minimum absolute atomic E-state index is 0.00792. The Kier molecular flexibility index (Phi) is 8.01. The topological polar surface area (TPSA) is 73.3 Å². The number of hydrogen-bond donors (Lipinski definition) is 1. The van der Waals surface area contributed by atoms with Crippen molar-refractivity contribution >= 4 is 11.6 Å². The van der Waals surface area contributed by atoms with Crippen LogP contribution in [0.15, 0.2) is 36.5 Å². The van der Waals surface area contributed by atoms with E-state index >= 15 is 0 Å². The summed E-state index contributed by atoms with van der Waals surface area (Å²) in [7, 11) is 0. The highest BCUT2D eigenvalue weighted by atomic mass is 16.5. The highest BCUT2D eigenvalue weighted by molar-refractivity contribution is 5.92. The largest absolute Gasteiger partial charge is 0.379 e. The fraction of sp³-hybridized carbons (Fsp3) is 0.421. The van der Waals surface area contributed by atoms with Crippen LogP contribution < -0.4 is 5.32 Å². The summed E-state index contributed by atoms with van der Waals surface area (Å²) in [4.78, 5) is 20.4. The van der Waals surface area contributed by atoms with E-state index in [1.807, 2.05) is 37.3 Å². The number of benzene rings is 1. The second kappa shape index (κ2) is 10.5. The maximum atomic E-state index is 11.9. The number of nitrogens with one attached hydrogen (secondary N) is 1. The van der Waals surface area contributed by atoms with E-state index in [4.69, 9.17) is 9.47 Å². The van der Waals surface area contributed by atoms with Crippen molar-refractivity contribution in [1.29, 1.82) is 0 Å². The zero-order valence-corrected chi connectivity index (χ0v) is 14.8. The minimum atomic E-state index is -0.190. The molecule has 0 aliphatic heterocycles. The molecule has 6 nitrogen and oxygen atoms in total. The number of unbranched alkanes of at least 4 members (excludes halogenated alkanes) is 1. The van der Waals surface area contributed by atoms with Crippen LogP contribution in [0.2, 0.25) is 0 Å². The van der Waals surface area contributed by atoms with Crippen LogP contribution in [0.4, 0.5) is 5.69 Å². The highest BCUT2D eigenvalue weighted by Gasteiger charge is 2.05. The molecule has 0 unspecified atom stereocenters. The van der Waals surface area contributed by atoms with Crippen molar-refractivity contribution < 1.29 is 14.3 Å². The molecule has 0 atom stereocenters. The molecule has 0 radical (unpaired) electrons. The summed E-state index contributed by atoms with van der Waals surface area (Å²) in [6.45, 7) is 5.63. The minimum Gasteiger partial charge on any atom is -0.379 e. The molecule has 0 bridgehead atoms. The van der Waals surface area contributed by atoms with Crippen molar-refractivity contribution in [2.75, 3.05) is 31.7 Å². The van der Waals surface area contributed by atoms with Crippen molar-refractivity contribution in [3.63, 3.8) is 0 Å². The van der Waals surface area contributed by atoms with Crippen LogP contribution >= 0.6 is 0 Å². The van der Waals surface area contributed by atoms with Gasteiger partial charge in [-0.15, -0.1) is 0 Å². The van der Waals surface area contributed by atoms with Gasteiger partial charge in [-0.05, 0) is 31.5 Å². The molecule has 0 spiro atoms. The van der Waals surface area contributed by atoms with Crippen LogP contribution in [0.25, 0.3) is 11.3 Å². The summed E-state index contributed by atoms with van der Waals surface area (Å²) < 4.78 is 10.7. The molecule has 0 fully saturated rings. The van der Waals surface area contributed by atoms with Crippen LogP contribution in [0, 0.1) is 6.92 Å². The molecule has 2 rings (SSSR count). The molecular formula is C19H25N3O3. The molecule has 1 heterocycles. The van der Waals surface area contributed by atoms with E-state index in [0.717, 1.165) is 30.7 Å². The number of rotatable bonds is 10. The van der Waals surface area contributed by atoms with Crippen molar-refractivity contribution in [3.05, 3.63) is 42.4 Å². The zero-order valence-electron chi connectivity index (χ0n) is 14.8. The number of ether oxygens (including phenoxy) is 2. The van der Waals surface area contributed by atoms with Crippen molar-refractivity contribution in [2.45, 2.75) is 26.7 Å². The SMILES string of the molecule is CCCCOCCOCC(=O)Nc1cccc(-c2ccnc(C)n2)c1. The van der Waals surface area contributed by atoms with Gasteiger partial charge in [0.2, 0.25) is 5.91 Å². The first-order chi connectivity index (χ1) is 12.2. The third-order valence-corrected chi connectivity index (χ3v) is 3.47. The van der Waals surface area contributed by atoms with Crippen LogP contribution in [-0.4, -0.2) is 42.3 Å². The Labute approximate surface area is 148 Å². The summed E-state index contributed by atoms with van der Waals surface area (Å²) >= 11 is 0. The molecule has 25 heavy (non-hydrogen) atoms. The average molecular weight is 343 g/mol. The summed E-state index contributed by atoms with van der Waals surface area (Å²) in [5.41, 5.74) is 2.46. The summed E-state index contributed by atoms with van der Waals surface area (Å²) in [6, 6.07) is 9.39. The van der Waals surface area contributed by atoms with Crippen LogP contribution in [0.1, 0.15) is 25.6 Å². The number of carbonyl (C=O) groups is 1.